The molecule has 1 heterocycles. The second kappa shape index (κ2) is 5.22. The first-order chi connectivity index (χ1) is 8.79. The number of rotatable bonds is 2. The van der Waals surface area contributed by atoms with E-state index in [0.29, 0.717) is 6.54 Å². The molecular formula is C15H21BrN2. The van der Waals surface area contributed by atoms with E-state index in [0.717, 1.165) is 16.4 Å². The van der Waals surface area contributed by atoms with Crippen molar-refractivity contribution in [2.24, 2.45) is 11.7 Å². The van der Waals surface area contributed by atoms with Crippen LogP contribution < -0.4 is 10.6 Å². The summed E-state index contributed by atoms with van der Waals surface area (Å²) in [6, 6.07) is 7.27. The Morgan fingerprint density at radius 2 is 2.06 bits per heavy atom. The third kappa shape index (κ3) is 2.19. The predicted molar refractivity (Wildman–Crippen MR) is 79.7 cm³/mol. The molecule has 1 saturated heterocycles. The van der Waals surface area contributed by atoms with Crippen LogP contribution in [0.1, 0.15) is 37.7 Å². The molecule has 3 heteroatoms. The summed E-state index contributed by atoms with van der Waals surface area (Å²) in [5, 5.41) is 0. The molecule has 0 amide bonds. The molecular weight excluding hydrogens is 288 g/mol. The molecule has 1 aromatic carbocycles. The third-order valence-corrected chi connectivity index (χ3v) is 5.08. The van der Waals surface area contributed by atoms with Crippen molar-refractivity contribution >= 4 is 21.6 Å². The Kier molecular flexibility index (Phi) is 3.62. The number of benzene rings is 1. The van der Waals surface area contributed by atoms with Crippen molar-refractivity contribution in [2.45, 2.75) is 44.7 Å². The van der Waals surface area contributed by atoms with Crippen molar-refractivity contribution in [3.8, 4) is 0 Å². The van der Waals surface area contributed by atoms with Crippen LogP contribution in [0.3, 0.4) is 0 Å². The van der Waals surface area contributed by atoms with Gasteiger partial charge in [0.25, 0.3) is 0 Å². The second-order valence-electron chi connectivity index (χ2n) is 5.57. The Hall–Kier alpha value is -0.540. The van der Waals surface area contributed by atoms with E-state index in [9.17, 15) is 0 Å². The molecule has 2 aliphatic rings. The van der Waals surface area contributed by atoms with E-state index in [1.54, 1.807) is 0 Å². The zero-order valence-corrected chi connectivity index (χ0v) is 12.3. The van der Waals surface area contributed by atoms with Gasteiger partial charge in [-0.3, -0.25) is 0 Å². The summed E-state index contributed by atoms with van der Waals surface area (Å²) >= 11 is 3.59. The number of hydrogen-bond acceptors (Lipinski definition) is 2. The van der Waals surface area contributed by atoms with Crippen molar-refractivity contribution in [1.29, 1.82) is 0 Å². The van der Waals surface area contributed by atoms with Crippen molar-refractivity contribution in [3.63, 3.8) is 0 Å². The van der Waals surface area contributed by atoms with Crippen molar-refractivity contribution in [2.75, 3.05) is 11.4 Å². The van der Waals surface area contributed by atoms with Crippen LogP contribution in [0.2, 0.25) is 0 Å². The molecule has 1 aliphatic heterocycles. The maximum absolute atomic E-state index is 5.89. The fourth-order valence-electron chi connectivity index (χ4n) is 3.68. The molecule has 2 atom stereocenters. The van der Waals surface area contributed by atoms with Crippen LogP contribution in [-0.4, -0.2) is 12.6 Å². The van der Waals surface area contributed by atoms with E-state index in [4.69, 9.17) is 5.73 Å². The Morgan fingerprint density at radius 1 is 1.22 bits per heavy atom. The minimum absolute atomic E-state index is 0.635. The van der Waals surface area contributed by atoms with Gasteiger partial charge in [-0.15, -0.1) is 0 Å². The summed E-state index contributed by atoms with van der Waals surface area (Å²) in [5.74, 6) is 0.920. The maximum atomic E-state index is 5.89. The van der Waals surface area contributed by atoms with Gasteiger partial charge in [0, 0.05) is 29.3 Å². The highest BCUT2D eigenvalue weighted by Crippen LogP contribution is 2.40. The van der Waals surface area contributed by atoms with Gasteiger partial charge < -0.3 is 10.6 Å². The molecule has 1 aliphatic carbocycles. The van der Waals surface area contributed by atoms with E-state index in [2.05, 4.69) is 39.0 Å². The molecule has 2 nitrogen and oxygen atoms in total. The summed E-state index contributed by atoms with van der Waals surface area (Å²) in [6.07, 6.45) is 6.97. The lowest BCUT2D eigenvalue weighted by Crippen LogP contribution is -2.35. The molecule has 18 heavy (non-hydrogen) atoms. The summed E-state index contributed by atoms with van der Waals surface area (Å²) in [7, 11) is 0. The lowest BCUT2D eigenvalue weighted by Gasteiger charge is -2.34. The first-order valence-corrected chi connectivity index (χ1v) is 7.84. The Balaban J connectivity index is 1.92. The molecule has 0 bridgehead atoms. The minimum Gasteiger partial charge on any atom is -0.368 e. The minimum atomic E-state index is 0.635. The van der Waals surface area contributed by atoms with Gasteiger partial charge >= 0.3 is 0 Å². The Bertz CT molecular complexity index is 433. The summed E-state index contributed by atoms with van der Waals surface area (Å²) < 4.78 is 1.16. The van der Waals surface area contributed by atoms with E-state index >= 15 is 0 Å². The van der Waals surface area contributed by atoms with Crippen molar-refractivity contribution in [3.05, 3.63) is 28.2 Å². The highest BCUT2D eigenvalue weighted by Gasteiger charge is 2.36. The van der Waals surface area contributed by atoms with Crippen molar-refractivity contribution in [1.82, 2.24) is 0 Å². The van der Waals surface area contributed by atoms with Crippen molar-refractivity contribution < 1.29 is 0 Å². The number of halogens is 1. The normalized spacial score (nSPS) is 27.3. The zero-order valence-electron chi connectivity index (χ0n) is 10.7. The lowest BCUT2D eigenvalue weighted by atomic mass is 9.85. The third-order valence-electron chi connectivity index (χ3n) is 4.59. The number of hydrogen-bond donors (Lipinski definition) is 1. The topological polar surface area (TPSA) is 29.3 Å². The fraction of sp³-hybridized carbons (Fsp3) is 0.600. The Morgan fingerprint density at radius 3 is 2.89 bits per heavy atom. The first-order valence-electron chi connectivity index (χ1n) is 7.04. The van der Waals surface area contributed by atoms with Gasteiger partial charge in [0.1, 0.15) is 0 Å². The second-order valence-corrected chi connectivity index (χ2v) is 6.49. The summed E-state index contributed by atoms with van der Waals surface area (Å²) in [4.78, 5) is 2.62. The molecule has 0 radical (unpaired) electrons. The van der Waals surface area contributed by atoms with Gasteiger partial charge in [-0.25, -0.2) is 0 Å². The largest absolute Gasteiger partial charge is 0.368 e. The fourth-order valence-corrected chi connectivity index (χ4v) is 4.03. The van der Waals surface area contributed by atoms with E-state index < -0.39 is 0 Å². The average Bonchev–Trinajstić information content (AvgIpc) is 2.82. The van der Waals surface area contributed by atoms with Gasteiger partial charge in [0.05, 0.1) is 0 Å². The average molecular weight is 309 g/mol. The predicted octanol–water partition coefficient (Wildman–Crippen LogP) is 3.68. The molecule has 0 spiro atoms. The summed E-state index contributed by atoms with van der Waals surface area (Å²) in [5.41, 5.74) is 8.54. The number of fused-ring (bicyclic) bond motifs is 1. The standard InChI is InChI=1S/C15H21BrN2/c16-13-6-5-12(10-17)15(9-13)18-8-7-11-3-1-2-4-14(11)18/h5-6,9,11,14H,1-4,7-8,10,17H2. The van der Waals surface area contributed by atoms with E-state index in [-0.39, 0.29) is 0 Å². The molecule has 2 N–H and O–H groups in total. The van der Waals surface area contributed by atoms with Crippen LogP contribution >= 0.6 is 15.9 Å². The SMILES string of the molecule is NCc1ccc(Br)cc1N1CCC2CCCCC21. The molecule has 0 aromatic heterocycles. The van der Waals surface area contributed by atoms with Gasteiger partial charge in [0.15, 0.2) is 0 Å². The number of nitrogens with two attached hydrogens (primary N) is 1. The van der Waals surface area contributed by atoms with E-state index in [1.165, 1.54) is 49.9 Å². The lowest BCUT2D eigenvalue weighted by molar-refractivity contribution is 0.342. The smallest absolute Gasteiger partial charge is 0.0425 e. The molecule has 98 valence electrons. The first kappa shape index (κ1) is 12.5. The molecule has 2 fully saturated rings. The number of nitrogens with zero attached hydrogens (tertiary/aromatic N) is 1. The molecule has 1 saturated carbocycles. The molecule has 1 aromatic rings. The van der Waals surface area contributed by atoms with Crippen LogP contribution in [0.5, 0.6) is 0 Å². The maximum Gasteiger partial charge on any atom is 0.0425 e. The zero-order chi connectivity index (χ0) is 12.5. The monoisotopic (exact) mass is 308 g/mol. The van der Waals surface area contributed by atoms with Gasteiger partial charge in [-0.2, -0.15) is 0 Å². The summed E-state index contributed by atoms with van der Waals surface area (Å²) in [6.45, 7) is 1.84. The van der Waals surface area contributed by atoms with Crippen LogP contribution in [0.25, 0.3) is 0 Å². The van der Waals surface area contributed by atoms with Crippen LogP contribution in [0, 0.1) is 5.92 Å². The molecule has 3 rings (SSSR count). The van der Waals surface area contributed by atoms with Crippen LogP contribution in [-0.2, 0) is 6.54 Å². The van der Waals surface area contributed by atoms with Gasteiger partial charge in [0.2, 0.25) is 0 Å². The van der Waals surface area contributed by atoms with Crippen LogP contribution in [0.15, 0.2) is 22.7 Å². The highest BCUT2D eigenvalue weighted by molar-refractivity contribution is 9.10. The Labute approximate surface area is 118 Å². The molecule has 2 unspecified atom stereocenters. The van der Waals surface area contributed by atoms with Gasteiger partial charge in [-0.1, -0.05) is 34.8 Å². The quantitative estimate of drug-likeness (QED) is 0.903. The van der Waals surface area contributed by atoms with E-state index in [1.807, 2.05) is 0 Å². The van der Waals surface area contributed by atoms with Crippen LogP contribution in [0.4, 0.5) is 5.69 Å². The highest BCUT2D eigenvalue weighted by atomic mass is 79.9. The van der Waals surface area contributed by atoms with Gasteiger partial charge in [-0.05, 0) is 42.9 Å². The number of anilines is 1.